The summed E-state index contributed by atoms with van der Waals surface area (Å²) in [6, 6.07) is 2.98. The molecule has 0 aliphatic carbocycles. The van der Waals surface area contributed by atoms with E-state index in [2.05, 4.69) is 10.3 Å². The zero-order chi connectivity index (χ0) is 20.8. The molecule has 1 aromatic heterocycles. The van der Waals surface area contributed by atoms with Gasteiger partial charge in [-0.25, -0.2) is 13.6 Å². The summed E-state index contributed by atoms with van der Waals surface area (Å²) >= 11 is 0. The fraction of sp³-hybridized carbons (Fsp3) is 0.421. The number of aromatic nitrogens is 1. The number of H-pyrrole nitrogens is 1. The highest BCUT2D eigenvalue weighted by atomic mass is 19.3. The number of halogens is 2. The molecule has 2 aromatic rings. The van der Waals surface area contributed by atoms with Gasteiger partial charge in [-0.05, 0) is 36.2 Å². The van der Waals surface area contributed by atoms with Crippen molar-refractivity contribution in [3.63, 3.8) is 0 Å². The van der Waals surface area contributed by atoms with Gasteiger partial charge >= 0.3 is 5.97 Å². The number of aromatic amines is 1. The summed E-state index contributed by atoms with van der Waals surface area (Å²) in [7, 11) is 1.62. The number of ether oxygens (including phenoxy) is 1. The number of hydrogen-bond donors (Lipinski definition) is 5. The predicted octanol–water partition coefficient (Wildman–Crippen LogP) is 1.99. The first-order valence-electron chi connectivity index (χ1n) is 8.76. The normalized spacial score (nSPS) is 11.3. The molecule has 0 saturated heterocycles. The Morgan fingerprint density at radius 3 is 2.36 bits per heavy atom. The minimum absolute atomic E-state index is 0.0268. The Morgan fingerprint density at radius 2 is 1.86 bits per heavy atom. The zero-order valence-corrected chi connectivity index (χ0v) is 15.7. The first kappa shape index (κ1) is 22.0. The van der Waals surface area contributed by atoms with Crippen LogP contribution in [0.1, 0.15) is 51.8 Å². The number of rotatable bonds is 9. The van der Waals surface area contributed by atoms with E-state index in [-0.39, 0.29) is 47.7 Å². The maximum atomic E-state index is 14.0. The molecule has 7 nitrogen and oxygen atoms in total. The number of nitrogens with one attached hydrogen (secondary N) is 2. The molecular weight excluding hydrogens is 374 g/mol. The lowest BCUT2D eigenvalue weighted by molar-refractivity contribution is 0.0509. The molecule has 0 saturated carbocycles. The van der Waals surface area contributed by atoms with Crippen LogP contribution < -0.4 is 5.32 Å². The highest BCUT2D eigenvalue weighted by Gasteiger charge is 2.31. The van der Waals surface area contributed by atoms with Crippen molar-refractivity contribution in [2.24, 2.45) is 0 Å². The van der Waals surface area contributed by atoms with Crippen LogP contribution in [-0.2, 0) is 31.1 Å². The molecule has 0 radical (unpaired) electrons. The molecule has 0 aliphatic rings. The van der Waals surface area contributed by atoms with Gasteiger partial charge in [0.2, 0.25) is 0 Å². The summed E-state index contributed by atoms with van der Waals surface area (Å²) < 4.78 is 32.9. The summed E-state index contributed by atoms with van der Waals surface area (Å²) in [5.41, 5.74) is 0.602. The van der Waals surface area contributed by atoms with E-state index in [4.69, 9.17) is 4.74 Å². The van der Waals surface area contributed by atoms with Crippen LogP contribution in [0.5, 0.6) is 0 Å². The topological polar surface area (TPSA) is 115 Å². The summed E-state index contributed by atoms with van der Waals surface area (Å²) in [5.74, 6) is -0.902. The van der Waals surface area contributed by atoms with Crippen LogP contribution in [0, 0.1) is 0 Å². The summed E-state index contributed by atoms with van der Waals surface area (Å²) in [6.45, 7) is 0.341. The third-order valence-electron chi connectivity index (χ3n) is 4.45. The van der Waals surface area contributed by atoms with Gasteiger partial charge in [0.25, 0.3) is 6.43 Å². The Hall–Kier alpha value is -2.33. The second-order valence-corrected chi connectivity index (χ2v) is 6.02. The molecule has 0 unspecified atom stereocenters. The van der Waals surface area contributed by atoms with Gasteiger partial charge in [-0.1, -0.05) is 12.1 Å². The van der Waals surface area contributed by atoms with E-state index in [1.54, 1.807) is 14.0 Å². The van der Waals surface area contributed by atoms with E-state index in [1.807, 2.05) is 0 Å². The molecule has 28 heavy (non-hydrogen) atoms. The Morgan fingerprint density at radius 1 is 1.18 bits per heavy atom. The molecule has 0 amide bonds. The molecule has 9 heteroatoms. The van der Waals surface area contributed by atoms with Crippen molar-refractivity contribution in [2.45, 2.75) is 39.7 Å². The quantitative estimate of drug-likeness (QED) is 0.413. The van der Waals surface area contributed by atoms with Crippen LogP contribution in [0.3, 0.4) is 0 Å². The summed E-state index contributed by atoms with van der Waals surface area (Å²) in [6.07, 6.45) is -2.99. The van der Waals surface area contributed by atoms with Crippen molar-refractivity contribution in [3.8, 4) is 11.1 Å². The van der Waals surface area contributed by atoms with Gasteiger partial charge < -0.3 is 30.4 Å². The zero-order valence-electron chi connectivity index (χ0n) is 15.7. The SMILES string of the molecule is CCOC(=O)c1[nH]c(CNC)c(-c2ccc(CO)c(CO)c2CO)c1C(F)F. The monoisotopic (exact) mass is 398 g/mol. The van der Waals surface area contributed by atoms with Crippen LogP contribution in [0.4, 0.5) is 8.78 Å². The lowest BCUT2D eigenvalue weighted by atomic mass is 9.90. The molecule has 0 aliphatic heterocycles. The minimum atomic E-state index is -2.99. The van der Waals surface area contributed by atoms with Crippen molar-refractivity contribution in [2.75, 3.05) is 13.7 Å². The molecule has 1 aromatic carbocycles. The van der Waals surface area contributed by atoms with Crippen LogP contribution >= 0.6 is 0 Å². The number of hydrogen-bond acceptors (Lipinski definition) is 6. The molecule has 154 valence electrons. The molecule has 0 bridgehead atoms. The van der Waals surface area contributed by atoms with Crippen molar-refractivity contribution in [1.29, 1.82) is 0 Å². The van der Waals surface area contributed by atoms with Gasteiger partial charge in [-0.2, -0.15) is 0 Å². The van der Waals surface area contributed by atoms with Crippen molar-refractivity contribution >= 4 is 5.97 Å². The van der Waals surface area contributed by atoms with E-state index in [1.165, 1.54) is 12.1 Å². The Kier molecular flexibility index (Phi) is 7.64. The van der Waals surface area contributed by atoms with Crippen molar-refractivity contribution in [3.05, 3.63) is 45.8 Å². The van der Waals surface area contributed by atoms with Crippen LogP contribution in [0.15, 0.2) is 12.1 Å². The second-order valence-electron chi connectivity index (χ2n) is 6.02. The van der Waals surface area contributed by atoms with Crippen molar-refractivity contribution in [1.82, 2.24) is 10.3 Å². The van der Waals surface area contributed by atoms with Crippen LogP contribution in [-0.4, -0.2) is 39.9 Å². The van der Waals surface area contributed by atoms with E-state index >= 15 is 0 Å². The highest BCUT2D eigenvalue weighted by molar-refractivity contribution is 5.93. The fourth-order valence-corrected chi connectivity index (χ4v) is 3.27. The third-order valence-corrected chi connectivity index (χ3v) is 4.45. The summed E-state index contributed by atoms with van der Waals surface area (Å²) in [4.78, 5) is 14.9. The lowest BCUT2D eigenvalue weighted by Gasteiger charge is -2.17. The maximum Gasteiger partial charge on any atom is 0.355 e. The largest absolute Gasteiger partial charge is 0.461 e. The van der Waals surface area contributed by atoms with Gasteiger partial charge in [0.05, 0.1) is 32.0 Å². The number of carbonyl (C=O) groups excluding carboxylic acids is 1. The van der Waals surface area contributed by atoms with E-state index in [0.717, 1.165) is 0 Å². The van der Waals surface area contributed by atoms with Gasteiger partial charge in [0, 0.05) is 17.8 Å². The average molecular weight is 398 g/mol. The number of aliphatic hydroxyl groups excluding tert-OH is 3. The smallest absolute Gasteiger partial charge is 0.355 e. The number of esters is 1. The second kappa shape index (κ2) is 9.74. The highest BCUT2D eigenvalue weighted by Crippen LogP contribution is 2.40. The first-order valence-corrected chi connectivity index (χ1v) is 8.76. The Labute approximate surface area is 161 Å². The third kappa shape index (κ3) is 4.07. The van der Waals surface area contributed by atoms with E-state index < -0.39 is 31.2 Å². The van der Waals surface area contributed by atoms with E-state index in [9.17, 15) is 28.9 Å². The minimum Gasteiger partial charge on any atom is -0.461 e. The molecule has 5 N–H and O–H groups in total. The predicted molar refractivity (Wildman–Crippen MR) is 97.7 cm³/mol. The number of carbonyl (C=O) groups is 1. The molecule has 1 heterocycles. The molecule has 0 fully saturated rings. The lowest BCUT2D eigenvalue weighted by Crippen LogP contribution is -2.09. The molecular formula is C19H24F2N2O5. The standard InChI is InChI=1S/C19H24F2N2O5/c1-3-28-19(27)17-16(18(20)21)15(14(23-17)6-22-2)11-5-4-10(7-24)12(8-25)13(11)9-26/h4-5,18,22-26H,3,6-9H2,1-2H3. The van der Waals surface area contributed by atoms with Gasteiger partial charge in [0.1, 0.15) is 5.69 Å². The summed E-state index contributed by atoms with van der Waals surface area (Å²) in [5, 5.41) is 31.9. The van der Waals surface area contributed by atoms with E-state index in [0.29, 0.717) is 11.3 Å². The van der Waals surface area contributed by atoms with Gasteiger partial charge in [-0.3, -0.25) is 0 Å². The molecule has 0 atom stereocenters. The van der Waals surface area contributed by atoms with Gasteiger partial charge in [-0.15, -0.1) is 0 Å². The number of alkyl halides is 2. The maximum absolute atomic E-state index is 14.0. The number of benzene rings is 1. The Bertz CT molecular complexity index is 836. The van der Waals surface area contributed by atoms with Crippen molar-refractivity contribution < 1.29 is 33.6 Å². The molecule has 0 spiro atoms. The van der Waals surface area contributed by atoms with Crippen LogP contribution in [0.25, 0.3) is 11.1 Å². The first-order chi connectivity index (χ1) is 13.4. The average Bonchev–Trinajstić information content (AvgIpc) is 3.06. The molecule has 2 rings (SSSR count). The fourth-order valence-electron chi connectivity index (χ4n) is 3.27. The van der Waals surface area contributed by atoms with Crippen LogP contribution in [0.2, 0.25) is 0 Å². The van der Waals surface area contributed by atoms with Gasteiger partial charge in [0.15, 0.2) is 0 Å². The Balaban J connectivity index is 2.85. The number of aliphatic hydroxyl groups is 3.